The van der Waals surface area contributed by atoms with E-state index in [9.17, 15) is 15.0 Å². The Morgan fingerprint density at radius 2 is 1.86 bits per heavy atom. The number of aliphatic imine (C=N–C) groups is 1. The van der Waals surface area contributed by atoms with E-state index in [0.29, 0.717) is 5.25 Å². The molecule has 5 nitrogen and oxygen atoms in total. The number of rotatable bonds is 6. The van der Waals surface area contributed by atoms with Crippen LogP contribution >= 0.6 is 11.8 Å². The van der Waals surface area contributed by atoms with Gasteiger partial charge in [0.25, 0.3) is 5.91 Å². The Morgan fingerprint density at radius 3 is 2.36 bits per heavy atom. The van der Waals surface area contributed by atoms with Crippen LogP contribution in [-0.4, -0.2) is 38.6 Å². The van der Waals surface area contributed by atoms with Gasteiger partial charge in [-0.25, -0.2) is 0 Å². The maximum atomic E-state index is 12.3. The van der Waals surface area contributed by atoms with Crippen LogP contribution in [0.15, 0.2) is 16.8 Å². The van der Waals surface area contributed by atoms with Crippen LogP contribution in [0.4, 0.5) is 0 Å². The van der Waals surface area contributed by atoms with E-state index >= 15 is 0 Å². The first kappa shape index (κ1) is 19.0. The minimum atomic E-state index is -0.808. The first-order valence-electron chi connectivity index (χ1n) is 7.67. The van der Waals surface area contributed by atoms with Crippen molar-refractivity contribution in [2.24, 2.45) is 16.1 Å². The summed E-state index contributed by atoms with van der Waals surface area (Å²) in [6, 6.07) is 0. The second kappa shape index (κ2) is 7.51. The minimum Gasteiger partial charge on any atom is -0.512 e. The van der Waals surface area contributed by atoms with E-state index in [0.717, 1.165) is 12.8 Å². The topological polar surface area (TPSA) is 95.9 Å². The highest BCUT2D eigenvalue weighted by atomic mass is 32.2. The number of aliphatic hydroxyl groups excluding tert-OH is 2. The summed E-state index contributed by atoms with van der Waals surface area (Å²) in [6.45, 7) is 6.84. The number of carbonyl (C=O) groups excluding carboxylic acids is 1. The molecule has 1 aliphatic rings. The Morgan fingerprint density at radius 1 is 1.32 bits per heavy atom. The van der Waals surface area contributed by atoms with Crippen LogP contribution in [0.1, 0.15) is 53.4 Å². The minimum absolute atomic E-state index is 0.0379. The number of thioether (sulfide) groups is 1. The van der Waals surface area contributed by atoms with E-state index in [4.69, 9.17) is 5.73 Å². The largest absolute Gasteiger partial charge is 0.512 e. The number of nitrogens with two attached hydrogens (primary N) is 1. The molecule has 0 atom stereocenters. The lowest BCUT2D eigenvalue weighted by molar-refractivity contribution is -0.119. The van der Waals surface area contributed by atoms with Gasteiger partial charge in [-0.3, -0.25) is 4.79 Å². The Hall–Kier alpha value is -1.01. The Labute approximate surface area is 137 Å². The van der Waals surface area contributed by atoms with Gasteiger partial charge < -0.3 is 15.9 Å². The van der Waals surface area contributed by atoms with E-state index in [1.165, 1.54) is 18.9 Å². The molecule has 1 fully saturated rings. The zero-order chi connectivity index (χ0) is 17.0. The molecule has 1 rings (SSSR count). The molecule has 1 saturated carbocycles. The summed E-state index contributed by atoms with van der Waals surface area (Å²) in [5.74, 6) is -0.429. The second-order valence-corrected chi connectivity index (χ2v) is 8.87. The summed E-state index contributed by atoms with van der Waals surface area (Å²) in [4.78, 5) is 16.2. The van der Waals surface area contributed by atoms with Crippen molar-refractivity contribution in [3.8, 4) is 0 Å². The van der Waals surface area contributed by atoms with Crippen LogP contribution in [0.2, 0.25) is 0 Å². The summed E-state index contributed by atoms with van der Waals surface area (Å²) in [7, 11) is 0. The van der Waals surface area contributed by atoms with Crippen LogP contribution in [-0.2, 0) is 4.79 Å². The Balaban J connectivity index is 2.77. The quantitative estimate of drug-likeness (QED) is 0.396. The fourth-order valence-electron chi connectivity index (χ4n) is 2.17. The van der Waals surface area contributed by atoms with Gasteiger partial charge in [-0.2, -0.15) is 4.99 Å². The number of hydrogen-bond acceptors (Lipinski definition) is 4. The van der Waals surface area contributed by atoms with Gasteiger partial charge in [0.1, 0.15) is 11.6 Å². The van der Waals surface area contributed by atoms with Crippen molar-refractivity contribution in [1.29, 1.82) is 0 Å². The molecule has 4 N–H and O–H groups in total. The molecule has 0 aliphatic heterocycles. The lowest BCUT2D eigenvalue weighted by Gasteiger charge is -2.24. The summed E-state index contributed by atoms with van der Waals surface area (Å²) in [5, 5.41) is 19.6. The van der Waals surface area contributed by atoms with Gasteiger partial charge in [-0.15, -0.1) is 11.8 Å². The number of hydrogen-bond donors (Lipinski definition) is 3. The zero-order valence-electron chi connectivity index (χ0n) is 13.9. The lowest BCUT2D eigenvalue weighted by Crippen LogP contribution is -2.30. The number of nitrogens with zero attached hydrogens (tertiary/aromatic N) is 1. The van der Waals surface area contributed by atoms with Gasteiger partial charge in [-0.1, -0.05) is 26.7 Å². The molecule has 0 aromatic rings. The zero-order valence-corrected chi connectivity index (χ0v) is 14.7. The van der Waals surface area contributed by atoms with Crippen LogP contribution < -0.4 is 5.73 Å². The molecule has 6 heteroatoms. The predicted octanol–water partition coefficient (Wildman–Crippen LogP) is 2.79. The molecule has 0 unspecified atom stereocenters. The van der Waals surface area contributed by atoms with Crippen molar-refractivity contribution in [3.63, 3.8) is 0 Å². The van der Waals surface area contributed by atoms with Crippen molar-refractivity contribution in [1.82, 2.24) is 0 Å². The average Bonchev–Trinajstić information content (AvgIpc) is 2.90. The molecule has 0 heterocycles. The average molecular weight is 328 g/mol. The lowest BCUT2D eigenvalue weighted by atomic mass is 9.92. The highest BCUT2D eigenvalue weighted by molar-refractivity contribution is 8.02. The summed E-state index contributed by atoms with van der Waals surface area (Å²) in [5.41, 5.74) is 4.93. The number of amides is 1. The predicted molar refractivity (Wildman–Crippen MR) is 92.1 cm³/mol. The highest BCUT2D eigenvalue weighted by Crippen LogP contribution is 2.38. The molecule has 1 amide bonds. The first-order valence-corrected chi connectivity index (χ1v) is 8.55. The van der Waals surface area contributed by atoms with Gasteiger partial charge in [0.15, 0.2) is 0 Å². The number of aliphatic hydroxyl groups is 2. The van der Waals surface area contributed by atoms with Gasteiger partial charge in [0.2, 0.25) is 0 Å². The molecule has 0 bridgehead atoms. The fourth-order valence-corrected chi connectivity index (χ4v) is 3.72. The van der Waals surface area contributed by atoms with Gasteiger partial charge in [0, 0.05) is 16.7 Å². The maximum absolute atomic E-state index is 12.3. The third-order valence-corrected chi connectivity index (χ3v) is 5.45. The highest BCUT2D eigenvalue weighted by Gasteiger charge is 2.33. The van der Waals surface area contributed by atoms with E-state index < -0.39 is 10.2 Å². The molecule has 0 aromatic heterocycles. The molecule has 0 spiro atoms. The monoisotopic (exact) mass is 328 g/mol. The molecular weight excluding hydrogens is 300 g/mol. The summed E-state index contributed by atoms with van der Waals surface area (Å²) < 4.78 is -0.629. The van der Waals surface area contributed by atoms with Gasteiger partial charge >= 0.3 is 0 Å². The molecule has 22 heavy (non-hydrogen) atoms. The Bertz CT molecular complexity index is 464. The molecule has 0 radical (unpaired) electrons. The van der Waals surface area contributed by atoms with E-state index in [2.05, 4.69) is 4.99 Å². The second-order valence-electron chi connectivity index (χ2n) is 6.95. The molecule has 0 saturated heterocycles. The van der Waals surface area contributed by atoms with Crippen molar-refractivity contribution < 1.29 is 15.0 Å². The van der Waals surface area contributed by atoms with Crippen LogP contribution in [0.25, 0.3) is 0 Å². The summed E-state index contributed by atoms with van der Waals surface area (Å²) in [6.07, 6.45) is 5.97. The molecular formula is C16H28N2O3S. The fraction of sp³-hybridized carbons (Fsp3) is 0.750. The molecule has 126 valence electrons. The number of amidine groups is 1. The first-order chi connectivity index (χ1) is 10.1. The van der Waals surface area contributed by atoms with E-state index in [1.807, 2.05) is 13.8 Å². The van der Waals surface area contributed by atoms with Crippen molar-refractivity contribution in [3.05, 3.63) is 11.8 Å². The normalized spacial score (nSPS) is 18.8. The van der Waals surface area contributed by atoms with Gasteiger partial charge in [-0.05, 0) is 26.7 Å². The molecule has 1 aliphatic carbocycles. The van der Waals surface area contributed by atoms with Crippen molar-refractivity contribution >= 4 is 23.5 Å². The number of carbonyl (C=O) groups is 1. The SMILES string of the molecule is CC(C)(SC1CCCC1)C(=O)N=C(N)/C=C(\O)C(C)(C)CO. The third-order valence-electron chi connectivity index (χ3n) is 3.88. The van der Waals surface area contributed by atoms with Crippen LogP contribution in [0, 0.1) is 5.41 Å². The third kappa shape index (κ3) is 5.32. The van der Waals surface area contributed by atoms with Crippen LogP contribution in [0.5, 0.6) is 0 Å². The van der Waals surface area contributed by atoms with Gasteiger partial charge in [0.05, 0.1) is 11.4 Å². The standard InChI is InChI=1S/C16H28N2O3S/c1-15(2,10-19)12(20)9-13(17)18-14(21)16(3,4)22-11-7-5-6-8-11/h9,11,19-20H,5-8,10H2,1-4H3,(H2,17,18,21)/b12-9-. The summed E-state index contributed by atoms with van der Waals surface area (Å²) >= 11 is 1.65. The van der Waals surface area contributed by atoms with E-state index in [1.54, 1.807) is 25.6 Å². The Kier molecular flexibility index (Phi) is 6.50. The smallest absolute Gasteiger partial charge is 0.263 e. The van der Waals surface area contributed by atoms with Crippen molar-refractivity contribution in [2.75, 3.05) is 6.61 Å². The molecule has 0 aromatic carbocycles. The van der Waals surface area contributed by atoms with E-state index in [-0.39, 0.29) is 24.1 Å². The maximum Gasteiger partial charge on any atom is 0.263 e. The van der Waals surface area contributed by atoms with Crippen LogP contribution in [0.3, 0.4) is 0 Å². The van der Waals surface area contributed by atoms with Crippen molar-refractivity contribution in [2.45, 2.75) is 63.4 Å².